The standard InChI is InChI=1S/C18H29N5/c1-5-6-7-8-9-10-11-15-13(2)17(20-21-18(15)19)16-12-23(4)22-14(16)3/h12H,5-11H2,1-4H3,(H2,19,21). The van der Waals surface area contributed by atoms with E-state index in [9.17, 15) is 0 Å². The molecule has 0 aromatic carbocycles. The van der Waals surface area contributed by atoms with Crippen molar-refractivity contribution in [3.63, 3.8) is 0 Å². The Bertz CT molecular complexity index is 645. The summed E-state index contributed by atoms with van der Waals surface area (Å²) < 4.78 is 1.82. The zero-order valence-electron chi connectivity index (χ0n) is 14.9. The van der Waals surface area contributed by atoms with Crippen molar-refractivity contribution in [1.82, 2.24) is 20.0 Å². The smallest absolute Gasteiger partial charge is 0.149 e. The van der Waals surface area contributed by atoms with E-state index in [1.165, 1.54) is 32.1 Å². The molecule has 5 nitrogen and oxygen atoms in total. The average molecular weight is 315 g/mol. The number of rotatable bonds is 8. The number of nitrogens with zero attached hydrogens (tertiary/aromatic N) is 4. The number of hydrogen-bond donors (Lipinski definition) is 1. The molecule has 0 bridgehead atoms. The molecule has 2 rings (SSSR count). The Morgan fingerprint density at radius 1 is 1.04 bits per heavy atom. The summed E-state index contributed by atoms with van der Waals surface area (Å²) in [5, 5.41) is 12.9. The summed E-state index contributed by atoms with van der Waals surface area (Å²) in [6, 6.07) is 0. The number of unbranched alkanes of at least 4 members (excludes halogenated alkanes) is 5. The topological polar surface area (TPSA) is 69.6 Å². The van der Waals surface area contributed by atoms with Crippen molar-refractivity contribution in [2.45, 2.75) is 65.7 Å². The molecule has 2 aromatic rings. The van der Waals surface area contributed by atoms with Crippen LogP contribution in [-0.2, 0) is 13.5 Å². The van der Waals surface area contributed by atoms with Crippen LogP contribution in [0.3, 0.4) is 0 Å². The molecule has 0 saturated carbocycles. The summed E-state index contributed by atoms with van der Waals surface area (Å²) in [6.07, 6.45) is 10.6. The average Bonchev–Trinajstić information content (AvgIpc) is 2.84. The fraction of sp³-hybridized carbons (Fsp3) is 0.611. The number of anilines is 1. The van der Waals surface area contributed by atoms with E-state index < -0.39 is 0 Å². The zero-order chi connectivity index (χ0) is 16.8. The first-order valence-corrected chi connectivity index (χ1v) is 8.66. The Balaban J connectivity index is 2.11. The SMILES string of the molecule is CCCCCCCCc1c(N)nnc(-c2cn(C)nc2C)c1C. The van der Waals surface area contributed by atoms with Crippen LogP contribution in [0.5, 0.6) is 0 Å². The lowest BCUT2D eigenvalue weighted by Crippen LogP contribution is -2.05. The van der Waals surface area contributed by atoms with Crippen LogP contribution >= 0.6 is 0 Å². The van der Waals surface area contributed by atoms with Gasteiger partial charge in [-0.2, -0.15) is 5.10 Å². The third kappa shape index (κ3) is 4.30. The highest BCUT2D eigenvalue weighted by Crippen LogP contribution is 2.28. The number of aryl methyl sites for hydroxylation is 2. The maximum Gasteiger partial charge on any atom is 0.149 e. The minimum Gasteiger partial charge on any atom is -0.382 e. The quantitative estimate of drug-likeness (QED) is 0.748. The molecule has 5 heteroatoms. The zero-order valence-corrected chi connectivity index (χ0v) is 14.9. The lowest BCUT2D eigenvalue weighted by atomic mass is 9.98. The van der Waals surface area contributed by atoms with E-state index in [0.29, 0.717) is 5.82 Å². The molecule has 0 fully saturated rings. The van der Waals surface area contributed by atoms with Crippen LogP contribution in [0.1, 0.15) is 62.3 Å². The van der Waals surface area contributed by atoms with Gasteiger partial charge in [-0.25, -0.2) is 0 Å². The van der Waals surface area contributed by atoms with Crippen molar-refractivity contribution < 1.29 is 0 Å². The second kappa shape index (κ2) is 8.09. The van der Waals surface area contributed by atoms with Gasteiger partial charge in [-0.3, -0.25) is 4.68 Å². The van der Waals surface area contributed by atoms with Gasteiger partial charge in [0.2, 0.25) is 0 Å². The van der Waals surface area contributed by atoms with Gasteiger partial charge in [0.25, 0.3) is 0 Å². The first-order valence-electron chi connectivity index (χ1n) is 8.66. The van der Waals surface area contributed by atoms with E-state index in [4.69, 9.17) is 5.73 Å². The summed E-state index contributed by atoms with van der Waals surface area (Å²) in [5.41, 5.74) is 11.3. The van der Waals surface area contributed by atoms with Crippen LogP contribution in [-0.4, -0.2) is 20.0 Å². The fourth-order valence-corrected chi connectivity index (χ4v) is 3.06. The molecule has 0 aliphatic rings. The first kappa shape index (κ1) is 17.4. The highest BCUT2D eigenvalue weighted by atomic mass is 15.3. The molecule has 0 unspecified atom stereocenters. The van der Waals surface area contributed by atoms with Gasteiger partial charge in [-0.1, -0.05) is 39.0 Å². The number of hydrogen-bond acceptors (Lipinski definition) is 4. The normalized spacial score (nSPS) is 11.1. The Kier molecular flexibility index (Phi) is 6.13. The van der Waals surface area contributed by atoms with Gasteiger partial charge < -0.3 is 5.73 Å². The van der Waals surface area contributed by atoms with Crippen molar-refractivity contribution in [3.05, 3.63) is 23.0 Å². The van der Waals surface area contributed by atoms with Gasteiger partial charge in [-0.05, 0) is 32.3 Å². The Morgan fingerprint density at radius 3 is 2.39 bits per heavy atom. The second-order valence-electron chi connectivity index (χ2n) is 6.36. The third-order valence-electron chi connectivity index (χ3n) is 4.42. The second-order valence-corrected chi connectivity index (χ2v) is 6.36. The molecule has 0 amide bonds. The Hall–Kier alpha value is -1.91. The molecule has 0 atom stereocenters. The maximum absolute atomic E-state index is 6.08. The van der Waals surface area contributed by atoms with E-state index in [0.717, 1.165) is 40.9 Å². The largest absolute Gasteiger partial charge is 0.382 e. The van der Waals surface area contributed by atoms with Crippen molar-refractivity contribution in [2.75, 3.05) is 5.73 Å². The molecule has 126 valence electrons. The molecule has 0 aliphatic heterocycles. The summed E-state index contributed by atoms with van der Waals surface area (Å²) in [4.78, 5) is 0. The predicted molar refractivity (Wildman–Crippen MR) is 95.2 cm³/mol. The number of nitrogen functional groups attached to an aromatic ring is 1. The molecule has 2 N–H and O–H groups in total. The molecular formula is C18H29N5. The Labute approximate surface area is 139 Å². The van der Waals surface area contributed by atoms with E-state index in [1.54, 1.807) is 0 Å². The molecule has 23 heavy (non-hydrogen) atoms. The van der Waals surface area contributed by atoms with Crippen molar-refractivity contribution in [1.29, 1.82) is 0 Å². The monoisotopic (exact) mass is 315 g/mol. The molecule has 2 aromatic heterocycles. The lowest BCUT2D eigenvalue weighted by Gasteiger charge is -2.11. The van der Waals surface area contributed by atoms with E-state index in [1.807, 2.05) is 24.9 Å². The van der Waals surface area contributed by atoms with Crippen LogP contribution in [0.4, 0.5) is 5.82 Å². The highest BCUT2D eigenvalue weighted by Gasteiger charge is 2.16. The minimum absolute atomic E-state index is 0.571. The molecule has 0 spiro atoms. The van der Waals surface area contributed by atoms with E-state index >= 15 is 0 Å². The van der Waals surface area contributed by atoms with Crippen molar-refractivity contribution in [3.8, 4) is 11.3 Å². The summed E-state index contributed by atoms with van der Waals surface area (Å²) in [7, 11) is 1.92. The van der Waals surface area contributed by atoms with Crippen molar-refractivity contribution in [2.24, 2.45) is 7.05 Å². The first-order chi connectivity index (χ1) is 11.0. The molecule has 0 radical (unpaired) electrons. The van der Waals surface area contributed by atoms with Crippen LogP contribution in [0.2, 0.25) is 0 Å². The van der Waals surface area contributed by atoms with E-state index in [-0.39, 0.29) is 0 Å². The molecule has 0 aliphatic carbocycles. The minimum atomic E-state index is 0.571. The Morgan fingerprint density at radius 2 is 1.74 bits per heavy atom. The third-order valence-corrected chi connectivity index (χ3v) is 4.42. The van der Waals surface area contributed by atoms with Gasteiger partial charge in [0.05, 0.1) is 11.4 Å². The van der Waals surface area contributed by atoms with Gasteiger partial charge in [0.1, 0.15) is 5.82 Å². The van der Waals surface area contributed by atoms with Gasteiger partial charge in [0.15, 0.2) is 0 Å². The number of aromatic nitrogens is 4. The van der Waals surface area contributed by atoms with Crippen LogP contribution in [0.25, 0.3) is 11.3 Å². The van der Waals surface area contributed by atoms with Gasteiger partial charge >= 0.3 is 0 Å². The molecule has 2 heterocycles. The van der Waals surface area contributed by atoms with Crippen LogP contribution in [0, 0.1) is 13.8 Å². The predicted octanol–water partition coefficient (Wildman–Crippen LogP) is 3.98. The maximum atomic E-state index is 6.08. The summed E-state index contributed by atoms with van der Waals surface area (Å²) >= 11 is 0. The number of nitrogens with two attached hydrogens (primary N) is 1. The summed E-state index contributed by atoms with van der Waals surface area (Å²) in [5.74, 6) is 0.571. The van der Waals surface area contributed by atoms with E-state index in [2.05, 4.69) is 29.1 Å². The highest BCUT2D eigenvalue weighted by molar-refractivity contribution is 5.67. The lowest BCUT2D eigenvalue weighted by molar-refractivity contribution is 0.606. The summed E-state index contributed by atoms with van der Waals surface area (Å²) in [6.45, 7) is 6.34. The van der Waals surface area contributed by atoms with Crippen molar-refractivity contribution >= 4 is 5.82 Å². The van der Waals surface area contributed by atoms with Crippen LogP contribution < -0.4 is 5.73 Å². The molecule has 0 saturated heterocycles. The van der Waals surface area contributed by atoms with Gasteiger partial charge in [-0.15, -0.1) is 10.2 Å². The fourth-order valence-electron chi connectivity index (χ4n) is 3.06. The van der Waals surface area contributed by atoms with Crippen LogP contribution in [0.15, 0.2) is 6.20 Å². The molecular weight excluding hydrogens is 286 g/mol. The van der Waals surface area contributed by atoms with Gasteiger partial charge in [0, 0.05) is 24.4 Å².